The van der Waals surface area contributed by atoms with Crippen molar-refractivity contribution in [2.45, 2.75) is 19.5 Å². The lowest BCUT2D eigenvalue weighted by Crippen LogP contribution is -2.20. The average molecular weight is 395 g/mol. The van der Waals surface area contributed by atoms with Crippen molar-refractivity contribution < 1.29 is 31.5 Å². The Kier molecular flexibility index (Phi) is 5.04. The number of ether oxygens (including phenoxy) is 1. The molecule has 106 valence electrons. The number of rotatable bonds is 3. The molecule has 19 heavy (non-hydrogen) atoms. The number of aromatic nitrogens is 1. The minimum atomic E-state index is -5.12. The van der Waals surface area contributed by atoms with Crippen LogP contribution in [-0.4, -0.2) is 17.6 Å². The number of carbonyl (C=O) groups is 1. The van der Waals surface area contributed by atoms with Crippen molar-refractivity contribution in [2.24, 2.45) is 0 Å². The molecule has 9 heteroatoms. The second kappa shape index (κ2) is 5.97. The number of nitrogens with zero attached hydrogens (tertiary/aromatic N) is 1. The molecule has 1 aromatic rings. The van der Waals surface area contributed by atoms with Gasteiger partial charge in [0.05, 0.1) is 17.7 Å². The van der Waals surface area contributed by atoms with Crippen LogP contribution in [-0.2, 0) is 10.9 Å². The van der Waals surface area contributed by atoms with Crippen molar-refractivity contribution in [2.75, 3.05) is 6.61 Å². The van der Waals surface area contributed by atoms with Gasteiger partial charge in [-0.3, -0.25) is 0 Å². The van der Waals surface area contributed by atoms with E-state index in [0.29, 0.717) is 0 Å². The second-order valence-corrected chi connectivity index (χ2v) is 4.38. The van der Waals surface area contributed by atoms with E-state index in [1.807, 2.05) is 0 Å². The smallest absolute Gasteiger partial charge is 0.419 e. The fourth-order valence-corrected chi connectivity index (χ4v) is 1.93. The van der Waals surface area contributed by atoms with E-state index in [9.17, 15) is 26.7 Å². The summed E-state index contributed by atoms with van der Waals surface area (Å²) in [7, 11) is 0. The largest absolute Gasteiger partial charge is 0.462 e. The van der Waals surface area contributed by atoms with Crippen LogP contribution in [0.5, 0.6) is 0 Å². The molecule has 1 heterocycles. The summed E-state index contributed by atoms with van der Waals surface area (Å²) < 4.78 is 68.0. The van der Waals surface area contributed by atoms with Crippen LogP contribution in [0.25, 0.3) is 0 Å². The maximum atomic E-state index is 12.8. The number of hydrogen-bond acceptors (Lipinski definition) is 3. The number of esters is 1. The summed E-state index contributed by atoms with van der Waals surface area (Å²) >= 11 is 1.45. The van der Waals surface area contributed by atoms with Gasteiger partial charge in [-0.1, -0.05) is 0 Å². The summed E-state index contributed by atoms with van der Waals surface area (Å²) in [5.74, 6) is -1.31. The van der Waals surface area contributed by atoms with E-state index in [1.54, 1.807) is 0 Å². The first-order valence-corrected chi connectivity index (χ1v) is 5.99. The van der Waals surface area contributed by atoms with E-state index in [0.717, 1.165) is 6.07 Å². The molecule has 1 aromatic heterocycles. The Bertz CT molecular complexity index is 490. The van der Waals surface area contributed by atoms with Gasteiger partial charge in [0.1, 0.15) is 9.39 Å². The maximum absolute atomic E-state index is 12.8. The summed E-state index contributed by atoms with van der Waals surface area (Å²) in [6, 6.07) is 0.771. The highest BCUT2D eigenvalue weighted by Gasteiger charge is 2.41. The number of halogens is 6. The fraction of sp³-hybridized carbons (Fsp3) is 0.400. The summed E-state index contributed by atoms with van der Waals surface area (Å²) in [5, 5.41) is 0. The Balaban J connectivity index is 3.56. The zero-order valence-corrected chi connectivity index (χ0v) is 11.6. The third-order valence-electron chi connectivity index (χ3n) is 2.00. The fourth-order valence-electron chi connectivity index (χ4n) is 1.36. The van der Waals surface area contributed by atoms with Gasteiger partial charge in [-0.05, 0) is 35.6 Å². The Hall–Kier alpha value is -1.00. The molecule has 0 N–H and O–H groups in total. The van der Waals surface area contributed by atoms with E-state index < -0.39 is 35.4 Å². The van der Waals surface area contributed by atoms with Gasteiger partial charge in [0, 0.05) is 0 Å². The quantitative estimate of drug-likeness (QED) is 0.338. The van der Waals surface area contributed by atoms with E-state index in [1.165, 1.54) is 29.5 Å². The van der Waals surface area contributed by atoms with Crippen LogP contribution in [0.1, 0.15) is 35.0 Å². The molecule has 0 radical (unpaired) electrons. The van der Waals surface area contributed by atoms with Gasteiger partial charge >= 0.3 is 12.1 Å². The van der Waals surface area contributed by atoms with Crippen LogP contribution in [0, 0.1) is 3.70 Å². The lowest BCUT2D eigenvalue weighted by molar-refractivity contribution is -0.140. The van der Waals surface area contributed by atoms with Crippen molar-refractivity contribution in [1.82, 2.24) is 4.98 Å². The Morgan fingerprint density at radius 1 is 1.47 bits per heavy atom. The normalized spacial score (nSPS) is 11.8. The standard InChI is InChI=1S/C10H7F5INO2/c1-2-19-9(18)4-3-5(16)17-7(8(11)12)6(4)10(13,14)15/h3,8H,2H2,1H3. The van der Waals surface area contributed by atoms with Crippen molar-refractivity contribution >= 4 is 28.6 Å². The van der Waals surface area contributed by atoms with E-state index in [-0.39, 0.29) is 10.3 Å². The Labute approximate surface area is 118 Å². The first-order chi connectivity index (χ1) is 8.68. The molecule has 0 saturated carbocycles. The topological polar surface area (TPSA) is 39.2 Å². The number of pyridine rings is 1. The van der Waals surface area contributed by atoms with Crippen LogP contribution in [0.4, 0.5) is 22.0 Å². The minimum absolute atomic E-state index is 0.149. The number of carbonyl (C=O) groups excluding carboxylic acids is 1. The predicted octanol–water partition coefficient (Wildman–Crippen LogP) is 3.82. The molecule has 0 amide bonds. The highest BCUT2D eigenvalue weighted by molar-refractivity contribution is 14.1. The van der Waals surface area contributed by atoms with E-state index >= 15 is 0 Å². The van der Waals surface area contributed by atoms with Gasteiger partial charge in [0.25, 0.3) is 6.43 Å². The third kappa shape index (κ3) is 3.74. The van der Waals surface area contributed by atoms with Crippen molar-refractivity contribution in [3.05, 3.63) is 26.6 Å². The molecule has 0 bridgehead atoms. The highest BCUT2D eigenvalue weighted by atomic mass is 127. The van der Waals surface area contributed by atoms with Gasteiger partial charge in [-0.15, -0.1) is 0 Å². The van der Waals surface area contributed by atoms with Crippen LogP contribution < -0.4 is 0 Å². The van der Waals surface area contributed by atoms with Crippen LogP contribution in [0.3, 0.4) is 0 Å². The lowest BCUT2D eigenvalue weighted by atomic mass is 10.1. The molecule has 0 spiro atoms. The summed E-state index contributed by atoms with van der Waals surface area (Å²) in [5.41, 5.74) is -4.17. The van der Waals surface area contributed by atoms with Crippen molar-refractivity contribution in [3.8, 4) is 0 Å². The van der Waals surface area contributed by atoms with Crippen molar-refractivity contribution in [1.29, 1.82) is 0 Å². The van der Waals surface area contributed by atoms with Crippen LogP contribution in [0.2, 0.25) is 0 Å². The zero-order chi connectivity index (χ0) is 14.8. The second-order valence-electron chi connectivity index (χ2n) is 3.27. The van der Waals surface area contributed by atoms with Crippen molar-refractivity contribution in [3.63, 3.8) is 0 Å². The average Bonchev–Trinajstić information content (AvgIpc) is 2.26. The first kappa shape index (κ1) is 16.1. The third-order valence-corrected chi connectivity index (χ3v) is 2.55. The molecule has 0 aliphatic rings. The van der Waals surface area contributed by atoms with Gasteiger partial charge in [0.15, 0.2) is 0 Å². The zero-order valence-electron chi connectivity index (χ0n) is 9.39. The molecular formula is C10H7F5INO2. The molecule has 0 fully saturated rings. The Morgan fingerprint density at radius 3 is 2.47 bits per heavy atom. The van der Waals surface area contributed by atoms with Crippen LogP contribution >= 0.6 is 22.6 Å². The SMILES string of the molecule is CCOC(=O)c1cc(I)nc(C(F)F)c1C(F)(F)F. The minimum Gasteiger partial charge on any atom is -0.462 e. The highest BCUT2D eigenvalue weighted by Crippen LogP contribution is 2.38. The molecule has 1 rings (SSSR count). The monoisotopic (exact) mass is 395 g/mol. The summed E-state index contributed by atoms with van der Waals surface area (Å²) in [4.78, 5) is 14.6. The summed E-state index contributed by atoms with van der Waals surface area (Å²) in [6.07, 6.45) is -8.56. The number of hydrogen-bond donors (Lipinski definition) is 0. The van der Waals surface area contributed by atoms with Gasteiger partial charge in [-0.2, -0.15) is 13.2 Å². The maximum Gasteiger partial charge on any atom is 0.419 e. The van der Waals surface area contributed by atoms with Gasteiger partial charge in [0.2, 0.25) is 0 Å². The van der Waals surface area contributed by atoms with Gasteiger partial charge < -0.3 is 4.74 Å². The lowest BCUT2D eigenvalue weighted by Gasteiger charge is -2.16. The molecule has 0 aromatic carbocycles. The molecule has 0 aliphatic carbocycles. The first-order valence-electron chi connectivity index (χ1n) is 4.91. The molecule has 0 atom stereocenters. The van der Waals surface area contributed by atoms with E-state index in [2.05, 4.69) is 9.72 Å². The van der Waals surface area contributed by atoms with E-state index in [4.69, 9.17) is 0 Å². The summed E-state index contributed by atoms with van der Waals surface area (Å²) in [6.45, 7) is 1.23. The van der Waals surface area contributed by atoms with Gasteiger partial charge in [-0.25, -0.2) is 18.6 Å². The molecule has 0 unspecified atom stereocenters. The Morgan fingerprint density at radius 2 is 2.05 bits per heavy atom. The molecule has 3 nitrogen and oxygen atoms in total. The number of alkyl halides is 5. The predicted molar refractivity (Wildman–Crippen MR) is 62.9 cm³/mol. The molecule has 0 saturated heterocycles. The molecular weight excluding hydrogens is 388 g/mol. The molecule has 0 aliphatic heterocycles. The van der Waals surface area contributed by atoms with Crippen LogP contribution in [0.15, 0.2) is 6.07 Å².